The number of pyridine rings is 1. The van der Waals surface area contributed by atoms with Gasteiger partial charge >= 0.3 is 0 Å². The van der Waals surface area contributed by atoms with E-state index < -0.39 is 5.60 Å². The molecule has 2 aliphatic heterocycles. The molecule has 0 spiro atoms. The molecule has 4 heteroatoms. The second-order valence-electron chi connectivity index (χ2n) is 6.15. The summed E-state index contributed by atoms with van der Waals surface area (Å²) in [6.45, 7) is 3.98. The molecule has 4 nitrogen and oxygen atoms in total. The third kappa shape index (κ3) is 2.60. The molecular weight excluding hydrogens is 240 g/mol. The summed E-state index contributed by atoms with van der Waals surface area (Å²) in [6.07, 6.45) is 7.49. The molecule has 0 saturated carbocycles. The van der Waals surface area contributed by atoms with Gasteiger partial charge in [-0.15, -0.1) is 0 Å². The number of hydrogen-bond acceptors (Lipinski definition) is 4. The zero-order valence-electron chi connectivity index (χ0n) is 11.6. The van der Waals surface area contributed by atoms with Crippen molar-refractivity contribution in [3.05, 3.63) is 24.0 Å². The molecule has 1 aromatic heterocycles. The van der Waals surface area contributed by atoms with E-state index in [1.807, 2.05) is 19.9 Å². The number of aromatic nitrogens is 1. The van der Waals surface area contributed by atoms with Crippen LogP contribution in [0.3, 0.4) is 0 Å². The highest BCUT2D eigenvalue weighted by Crippen LogP contribution is 2.41. The minimum Gasteiger partial charge on any atom is -0.489 e. The van der Waals surface area contributed by atoms with Crippen molar-refractivity contribution >= 4 is 0 Å². The predicted octanol–water partition coefficient (Wildman–Crippen LogP) is 1.97. The van der Waals surface area contributed by atoms with E-state index in [1.54, 1.807) is 12.4 Å². The highest BCUT2D eigenvalue weighted by Gasteiger charge is 2.43. The zero-order valence-corrected chi connectivity index (χ0v) is 11.6. The van der Waals surface area contributed by atoms with Crippen LogP contribution in [0.25, 0.3) is 0 Å². The van der Waals surface area contributed by atoms with Crippen molar-refractivity contribution in [1.82, 2.24) is 10.3 Å². The van der Waals surface area contributed by atoms with Crippen molar-refractivity contribution in [3.8, 4) is 5.75 Å². The maximum absolute atomic E-state index is 10.9. The summed E-state index contributed by atoms with van der Waals surface area (Å²) in [5.74, 6) is 0.742. The summed E-state index contributed by atoms with van der Waals surface area (Å²) in [4.78, 5) is 4.22. The monoisotopic (exact) mass is 262 g/mol. The van der Waals surface area contributed by atoms with E-state index in [0.29, 0.717) is 12.1 Å². The van der Waals surface area contributed by atoms with Gasteiger partial charge in [0.1, 0.15) is 5.75 Å². The predicted molar refractivity (Wildman–Crippen MR) is 73.1 cm³/mol. The van der Waals surface area contributed by atoms with Gasteiger partial charge in [-0.1, -0.05) is 0 Å². The molecule has 19 heavy (non-hydrogen) atoms. The van der Waals surface area contributed by atoms with Crippen molar-refractivity contribution in [1.29, 1.82) is 0 Å². The van der Waals surface area contributed by atoms with Crippen molar-refractivity contribution in [2.75, 3.05) is 0 Å². The van der Waals surface area contributed by atoms with Crippen LogP contribution >= 0.6 is 0 Å². The number of nitrogens with one attached hydrogen (secondary N) is 1. The van der Waals surface area contributed by atoms with Crippen molar-refractivity contribution in [3.63, 3.8) is 0 Å². The molecule has 2 unspecified atom stereocenters. The van der Waals surface area contributed by atoms with Gasteiger partial charge in [0.25, 0.3) is 0 Å². The Morgan fingerprint density at radius 3 is 2.63 bits per heavy atom. The molecule has 104 valence electrons. The van der Waals surface area contributed by atoms with Crippen LogP contribution in [-0.2, 0) is 5.60 Å². The Labute approximate surface area is 114 Å². The average molecular weight is 262 g/mol. The first-order valence-electron chi connectivity index (χ1n) is 7.16. The average Bonchev–Trinajstić information content (AvgIpc) is 2.69. The molecule has 2 atom stereocenters. The van der Waals surface area contributed by atoms with Gasteiger partial charge in [0, 0.05) is 23.8 Å². The van der Waals surface area contributed by atoms with Crippen molar-refractivity contribution in [2.45, 2.75) is 63.3 Å². The molecule has 0 aliphatic carbocycles. The molecule has 3 heterocycles. The number of ether oxygens (including phenoxy) is 1. The van der Waals surface area contributed by atoms with E-state index in [2.05, 4.69) is 10.3 Å². The molecule has 0 aromatic carbocycles. The molecule has 2 saturated heterocycles. The molecule has 3 rings (SSSR count). The number of nitrogens with zero attached hydrogens (tertiary/aromatic N) is 1. The van der Waals surface area contributed by atoms with Crippen LogP contribution in [0, 0.1) is 0 Å². The lowest BCUT2D eigenvalue weighted by Gasteiger charge is -2.37. The first kappa shape index (κ1) is 12.9. The lowest BCUT2D eigenvalue weighted by molar-refractivity contribution is -0.0120. The molecule has 0 radical (unpaired) electrons. The molecule has 2 aliphatic rings. The van der Waals surface area contributed by atoms with Crippen LogP contribution in [0.15, 0.2) is 18.5 Å². The third-order valence-corrected chi connectivity index (χ3v) is 4.13. The van der Waals surface area contributed by atoms with Crippen molar-refractivity contribution in [2.24, 2.45) is 0 Å². The maximum Gasteiger partial charge on any atom is 0.138 e. The van der Waals surface area contributed by atoms with Crippen LogP contribution in [0.4, 0.5) is 0 Å². The SMILES string of the molecule is CC(C)Oc1cncc(C2(O)CC3CCC(C2)N3)c1. The fourth-order valence-corrected chi connectivity index (χ4v) is 3.37. The number of rotatable bonds is 3. The minimum absolute atomic E-state index is 0.121. The maximum atomic E-state index is 10.9. The van der Waals surface area contributed by atoms with Gasteiger partial charge in [-0.3, -0.25) is 4.98 Å². The van der Waals surface area contributed by atoms with E-state index in [-0.39, 0.29) is 6.10 Å². The fraction of sp³-hybridized carbons (Fsp3) is 0.667. The van der Waals surface area contributed by atoms with Crippen LogP contribution in [0.1, 0.15) is 45.1 Å². The Hall–Kier alpha value is -1.13. The largest absolute Gasteiger partial charge is 0.489 e. The Balaban J connectivity index is 1.84. The van der Waals surface area contributed by atoms with Gasteiger partial charge in [0.15, 0.2) is 0 Å². The van der Waals surface area contributed by atoms with Gasteiger partial charge in [-0.2, -0.15) is 0 Å². The smallest absolute Gasteiger partial charge is 0.138 e. The highest BCUT2D eigenvalue weighted by molar-refractivity contribution is 5.29. The Kier molecular flexibility index (Phi) is 3.23. The van der Waals surface area contributed by atoms with Crippen LogP contribution in [-0.4, -0.2) is 28.3 Å². The van der Waals surface area contributed by atoms with E-state index >= 15 is 0 Å². The summed E-state index contributed by atoms with van der Waals surface area (Å²) in [6, 6.07) is 2.83. The summed E-state index contributed by atoms with van der Waals surface area (Å²) < 4.78 is 5.67. The third-order valence-electron chi connectivity index (χ3n) is 4.13. The van der Waals surface area contributed by atoms with Gasteiger partial charge in [-0.05, 0) is 45.6 Å². The highest BCUT2D eigenvalue weighted by atomic mass is 16.5. The number of piperidine rings is 1. The molecular formula is C15H22N2O2. The second-order valence-corrected chi connectivity index (χ2v) is 6.15. The van der Waals surface area contributed by atoms with Gasteiger partial charge < -0.3 is 15.2 Å². The Morgan fingerprint density at radius 1 is 1.32 bits per heavy atom. The number of hydrogen-bond donors (Lipinski definition) is 2. The fourth-order valence-electron chi connectivity index (χ4n) is 3.37. The quantitative estimate of drug-likeness (QED) is 0.874. The van der Waals surface area contributed by atoms with Crippen molar-refractivity contribution < 1.29 is 9.84 Å². The molecule has 2 N–H and O–H groups in total. The first-order valence-corrected chi connectivity index (χ1v) is 7.16. The molecule has 0 amide bonds. The van der Waals surface area contributed by atoms with Crippen LogP contribution < -0.4 is 10.1 Å². The first-order chi connectivity index (χ1) is 9.05. The standard InChI is InChI=1S/C15H22N2O2/c1-10(2)19-14-5-11(8-16-9-14)15(18)6-12-3-4-13(7-15)17-12/h5,8-10,12-13,17-18H,3-4,6-7H2,1-2H3. The van der Waals surface area contributed by atoms with E-state index in [9.17, 15) is 5.11 Å². The number of aliphatic hydroxyl groups is 1. The second kappa shape index (κ2) is 4.76. The Morgan fingerprint density at radius 2 is 2.00 bits per heavy atom. The lowest BCUT2D eigenvalue weighted by atomic mass is 9.82. The summed E-state index contributed by atoms with van der Waals surface area (Å²) in [5.41, 5.74) is 0.143. The minimum atomic E-state index is -0.750. The molecule has 2 bridgehead atoms. The number of fused-ring (bicyclic) bond motifs is 2. The normalized spacial score (nSPS) is 33.7. The van der Waals surface area contributed by atoms with E-state index in [1.165, 1.54) is 12.8 Å². The van der Waals surface area contributed by atoms with Gasteiger partial charge in [0.2, 0.25) is 0 Å². The lowest BCUT2D eigenvalue weighted by Crippen LogP contribution is -2.46. The van der Waals surface area contributed by atoms with E-state index in [4.69, 9.17) is 4.74 Å². The van der Waals surface area contributed by atoms with Gasteiger partial charge in [-0.25, -0.2) is 0 Å². The summed E-state index contributed by atoms with van der Waals surface area (Å²) in [5, 5.41) is 14.5. The Bertz CT molecular complexity index is 449. The molecule has 2 fully saturated rings. The van der Waals surface area contributed by atoms with E-state index in [0.717, 1.165) is 24.2 Å². The topological polar surface area (TPSA) is 54.4 Å². The van der Waals surface area contributed by atoms with Crippen LogP contribution in [0.2, 0.25) is 0 Å². The molecule has 1 aromatic rings. The summed E-state index contributed by atoms with van der Waals surface area (Å²) in [7, 11) is 0. The summed E-state index contributed by atoms with van der Waals surface area (Å²) >= 11 is 0. The van der Waals surface area contributed by atoms with Crippen LogP contribution in [0.5, 0.6) is 5.75 Å². The van der Waals surface area contributed by atoms with Gasteiger partial charge in [0.05, 0.1) is 17.9 Å². The zero-order chi connectivity index (χ0) is 13.5.